The zero-order chi connectivity index (χ0) is 29.8. The summed E-state index contributed by atoms with van der Waals surface area (Å²) in [5.41, 5.74) is 6.39. The topological polar surface area (TPSA) is 82.5 Å². The van der Waals surface area contributed by atoms with Gasteiger partial charge in [-0.05, 0) is 64.7 Å². The average Bonchev–Trinajstić information content (AvgIpc) is 3.00. The van der Waals surface area contributed by atoms with Crippen LogP contribution in [0.25, 0.3) is 17.2 Å². The van der Waals surface area contributed by atoms with E-state index >= 15 is 0 Å². The van der Waals surface area contributed by atoms with Crippen molar-refractivity contribution in [3.05, 3.63) is 124 Å². The minimum atomic E-state index is -0.505. The highest BCUT2D eigenvalue weighted by Crippen LogP contribution is 2.30. The molecule has 0 saturated carbocycles. The Kier molecular flexibility index (Phi) is 11.4. The van der Waals surface area contributed by atoms with Crippen LogP contribution >= 0.6 is 11.6 Å². The Bertz CT molecular complexity index is 1540. The standard InChI is InChI=1S/C26H25ClFN3O2.C7H6O/c1-30-25-8-7-18(12-21(25)15-29)19-5-6-20(24(27)13-19)16-31(2)23-11-17(10-22(28)14-23)4-9-26(32)33-3;8-6-7-4-2-1-3-5-7/h4-15,29-30H,16H2,1-3H3;1-6H/b9-4+,29-15?;. The van der Waals surface area contributed by atoms with Crippen molar-refractivity contribution in [1.29, 1.82) is 5.41 Å². The van der Waals surface area contributed by atoms with Gasteiger partial charge in [0.15, 0.2) is 0 Å². The van der Waals surface area contributed by atoms with Crippen molar-refractivity contribution < 1.29 is 18.7 Å². The van der Waals surface area contributed by atoms with E-state index in [-0.39, 0.29) is 0 Å². The van der Waals surface area contributed by atoms with E-state index in [1.54, 1.807) is 18.2 Å². The number of methoxy groups -OCH3 is 1. The quantitative estimate of drug-likeness (QED) is 0.0940. The highest BCUT2D eigenvalue weighted by atomic mass is 35.5. The predicted molar refractivity (Wildman–Crippen MR) is 166 cm³/mol. The van der Waals surface area contributed by atoms with Gasteiger partial charge in [-0.1, -0.05) is 60.1 Å². The van der Waals surface area contributed by atoms with Crippen LogP contribution in [0.4, 0.5) is 15.8 Å². The number of ether oxygens (including phenoxy) is 1. The van der Waals surface area contributed by atoms with Gasteiger partial charge in [0.05, 0.1) is 7.11 Å². The lowest BCUT2D eigenvalue weighted by molar-refractivity contribution is -0.134. The summed E-state index contributed by atoms with van der Waals surface area (Å²) in [7, 11) is 4.96. The molecule has 6 nitrogen and oxygen atoms in total. The second kappa shape index (κ2) is 15.1. The molecule has 0 bridgehead atoms. The lowest BCUT2D eigenvalue weighted by Crippen LogP contribution is -2.17. The molecule has 8 heteroatoms. The molecule has 0 unspecified atom stereocenters. The number of anilines is 2. The molecular weight excluding hydrogens is 541 g/mol. The first-order chi connectivity index (χ1) is 19.8. The lowest BCUT2D eigenvalue weighted by atomic mass is 10.0. The molecule has 4 aromatic carbocycles. The maximum atomic E-state index is 14.1. The Morgan fingerprint density at radius 3 is 2.32 bits per heavy atom. The Labute approximate surface area is 244 Å². The van der Waals surface area contributed by atoms with Crippen LogP contribution in [0, 0.1) is 11.2 Å². The Hall–Kier alpha value is -4.75. The number of esters is 1. The predicted octanol–water partition coefficient (Wildman–Crippen LogP) is 7.51. The normalized spacial score (nSPS) is 10.4. The maximum absolute atomic E-state index is 14.1. The van der Waals surface area contributed by atoms with Crippen LogP contribution in [0.3, 0.4) is 0 Å². The number of rotatable bonds is 9. The van der Waals surface area contributed by atoms with Gasteiger partial charge in [-0.25, -0.2) is 9.18 Å². The van der Waals surface area contributed by atoms with Gasteiger partial charge in [-0.3, -0.25) is 4.79 Å². The van der Waals surface area contributed by atoms with Gasteiger partial charge in [0.1, 0.15) is 12.1 Å². The number of benzene rings is 4. The van der Waals surface area contributed by atoms with Crippen molar-refractivity contribution in [2.24, 2.45) is 0 Å². The molecule has 4 aromatic rings. The summed E-state index contributed by atoms with van der Waals surface area (Å²) in [4.78, 5) is 23.2. The highest BCUT2D eigenvalue weighted by molar-refractivity contribution is 6.31. The zero-order valence-electron chi connectivity index (χ0n) is 23.0. The van der Waals surface area contributed by atoms with Crippen LogP contribution in [0.15, 0.2) is 91.0 Å². The van der Waals surface area contributed by atoms with Crippen LogP contribution in [0.5, 0.6) is 0 Å². The van der Waals surface area contributed by atoms with Gasteiger partial charge in [0.25, 0.3) is 0 Å². The molecule has 210 valence electrons. The average molecular weight is 572 g/mol. The van der Waals surface area contributed by atoms with Crippen molar-refractivity contribution >= 4 is 47.5 Å². The number of nitrogens with one attached hydrogen (secondary N) is 2. The molecule has 0 spiro atoms. The van der Waals surface area contributed by atoms with Crippen molar-refractivity contribution in [3.8, 4) is 11.1 Å². The zero-order valence-corrected chi connectivity index (χ0v) is 23.8. The van der Waals surface area contributed by atoms with E-state index in [1.807, 2.05) is 73.6 Å². The Balaban J connectivity index is 0.000000496. The number of hydrogen-bond acceptors (Lipinski definition) is 6. The molecule has 4 rings (SSSR count). The molecular formula is C33H31ClFN3O3. The summed E-state index contributed by atoms with van der Waals surface area (Å²) < 4.78 is 18.7. The van der Waals surface area contributed by atoms with E-state index in [9.17, 15) is 14.0 Å². The molecule has 0 heterocycles. The van der Waals surface area contributed by atoms with E-state index in [0.717, 1.165) is 39.8 Å². The third kappa shape index (κ3) is 8.88. The first kappa shape index (κ1) is 30.8. The molecule has 0 atom stereocenters. The van der Waals surface area contributed by atoms with Crippen molar-refractivity contribution in [3.63, 3.8) is 0 Å². The summed E-state index contributed by atoms with van der Waals surface area (Å²) in [6.45, 7) is 0.465. The second-order valence-corrected chi connectivity index (χ2v) is 9.39. The number of carbonyl (C=O) groups excluding carboxylic acids is 2. The molecule has 2 N–H and O–H groups in total. The molecule has 0 aliphatic heterocycles. The summed E-state index contributed by atoms with van der Waals surface area (Å²) in [5.74, 6) is -0.910. The molecule has 0 fully saturated rings. The fraction of sp³-hybridized carbons (Fsp3) is 0.121. The van der Waals surface area contributed by atoms with E-state index in [4.69, 9.17) is 17.0 Å². The van der Waals surface area contributed by atoms with E-state index < -0.39 is 11.8 Å². The molecule has 0 radical (unpaired) electrons. The molecule has 0 aliphatic rings. The number of halogens is 2. The molecule has 41 heavy (non-hydrogen) atoms. The number of carbonyl (C=O) groups is 2. The minimum Gasteiger partial charge on any atom is -0.466 e. The van der Waals surface area contributed by atoms with Crippen molar-refractivity contribution in [1.82, 2.24) is 0 Å². The van der Waals surface area contributed by atoms with Crippen LogP contribution in [-0.4, -0.2) is 39.7 Å². The summed E-state index contributed by atoms with van der Waals surface area (Å²) >= 11 is 6.59. The van der Waals surface area contributed by atoms with Crippen molar-refractivity contribution in [2.75, 3.05) is 31.4 Å². The van der Waals surface area contributed by atoms with Crippen molar-refractivity contribution in [2.45, 2.75) is 6.54 Å². The number of nitrogens with zero attached hydrogens (tertiary/aromatic N) is 1. The smallest absolute Gasteiger partial charge is 0.330 e. The number of hydrogen-bond donors (Lipinski definition) is 2. The third-order valence-electron chi connectivity index (χ3n) is 6.16. The summed E-state index contributed by atoms with van der Waals surface area (Å²) in [6.07, 6.45) is 4.91. The lowest BCUT2D eigenvalue weighted by Gasteiger charge is -2.21. The summed E-state index contributed by atoms with van der Waals surface area (Å²) in [6, 6.07) is 25.3. The SMILES string of the molecule is CNc1ccc(-c2ccc(CN(C)c3cc(F)cc(/C=C/C(=O)OC)c3)c(Cl)c2)cc1C=N.O=Cc1ccccc1. The molecule has 0 aromatic heterocycles. The van der Waals surface area contributed by atoms with Gasteiger partial charge < -0.3 is 20.4 Å². The van der Waals surface area contributed by atoms with Crippen LogP contribution in [0.2, 0.25) is 5.02 Å². The second-order valence-electron chi connectivity index (χ2n) is 8.99. The minimum absolute atomic E-state index is 0.405. The van der Waals surface area contributed by atoms with Gasteiger partial charge in [0.2, 0.25) is 0 Å². The first-order valence-electron chi connectivity index (χ1n) is 12.7. The van der Waals surface area contributed by atoms with Gasteiger partial charge in [0, 0.05) is 60.5 Å². The third-order valence-corrected chi connectivity index (χ3v) is 6.52. The Morgan fingerprint density at radius 2 is 1.71 bits per heavy atom. The highest BCUT2D eigenvalue weighted by Gasteiger charge is 2.10. The molecule has 0 aliphatic carbocycles. The van der Waals surface area contributed by atoms with Gasteiger partial charge >= 0.3 is 5.97 Å². The van der Waals surface area contributed by atoms with Crippen LogP contribution in [-0.2, 0) is 16.1 Å². The van der Waals surface area contributed by atoms with Gasteiger partial charge in [-0.15, -0.1) is 0 Å². The molecule has 0 amide bonds. The maximum Gasteiger partial charge on any atom is 0.330 e. The molecule has 0 saturated heterocycles. The van der Waals surface area contributed by atoms with Crippen LogP contribution in [0.1, 0.15) is 27.0 Å². The fourth-order valence-electron chi connectivity index (χ4n) is 3.97. The van der Waals surface area contributed by atoms with Crippen LogP contribution < -0.4 is 10.2 Å². The fourth-order valence-corrected chi connectivity index (χ4v) is 4.21. The number of aldehydes is 1. The Morgan fingerprint density at radius 1 is 1.00 bits per heavy atom. The summed E-state index contributed by atoms with van der Waals surface area (Å²) in [5, 5.41) is 11.3. The largest absolute Gasteiger partial charge is 0.466 e. The van der Waals surface area contributed by atoms with E-state index in [0.29, 0.717) is 22.8 Å². The van der Waals surface area contributed by atoms with E-state index in [2.05, 4.69) is 10.1 Å². The van der Waals surface area contributed by atoms with Gasteiger partial charge in [-0.2, -0.15) is 0 Å². The monoisotopic (exact) mass is 571 g/mol. The van der Waals surface area contributed by atoms with E-state index in [1.165, 1.54) is 37.6 Å². The first-order valence-corrected chi connectivity index (χ1v) is 13.0.